The van der Waals surface area contributed by atoms with Gasteiger partial charge in [0.05, 0.1) is 27.4 Å². The van der Waals surface area contributed by atoms with Crippen molar-refractivity contribution >= 4 is 51.6 Å². The highest BCUT2D eigenvalue weighted by Gasteiger charge is 2.17. The number of halogens is 2. The van der Waals surface area contributed by atoms with Crippen molar-refractivity contribution in [1.82, 2.24) is 19.2 Å². The number of carbonyl (C=O) groups excluding carboxylic acids is 1. The van der Waals surface area contributed by atoms with Crippen molar-refractivity contribution in [2.45, 2.75) is 25.0 Å². The monoisotopic (exact) mass is 445 g/mol. The zero-order valence-corrected chi connectivity index (χ0v) is 17.5. The van der Waals surface area contributed by atoms with Crippen LogP contribution in [0.3, 0.4) is 0 Å². The number of anilines is 1. The van der Waals surface area contributed by atoms with E-state index in [1.807, 2.05) is 25.1 Å². The van der Waals surface area contributed by atoms with Gasteiger partial charge in [0.1, 0.15) is 5.82 Å². The minimum Gasteiger partial charge on any atom is -0.324 e. The quantitative estimate of drug-likeness (QED) is 0.454. The Labute approximate surface area is 179 Å². The van der Waals surface area contributed by atoms with Crippen molar-refractivity contribution in [3.63, 3.8) is 0 Å². The van der Waals surface area contributed by atoms with Crippen molar-refractivity contribution in [3.05, 3.63) is 63.7 Å². The van der Waals surface area contributed by atoms with Crippen LogP contribution in [-0.2, 0) is 11.3 Å². The molecule has 1 amide bonds. The third kappa shape index (κ3) is 3.78. The standard InChI is InChI=1S/C20H17ClFN5O2S/c1-2-9-26-18(29)13-5-3-4-6-16(13)27-19(26)24-25-20(27)30-11-17(28)23-15-8-7-12(22)10-14(15)21/h3-8,10H,2,9,11H2,1H3,(H,23,28). The van der Waals surface area contributed by atoms with Crippen LogP contribution in [0.4, 0.5) is 10.1 Å². The van der Waals surface area contributed by atoms with E-state index in [0.717, 1.165) is 12.5 Å². The Morgan fingerprint density at radius 2 is 2.03 bits per heavy atom. The molecule has 7 nitrogen and oxygen atoms in total. The molecule has 2 heterocycles. The summed E-state index contributed by atoms with van der Waals surface area (Å²) in [7, 11) is 0. The van der Waals surface area contributed by atoms with E-state index < -0.39 is 5.82 Å². The molecule has 0 aliphatic rings. The van der Waals surface area contributed by atoms with E-state index in [0.29, 0.717) is 34.1 Å². The highest BCUT2D eigenvalue weighted by Crippen LogP contribution is 2.24. The molecule has 4 rings (SSSR count). The number of para-hydroxylation sites is 1. The van der Waals surface area contributed by atoms with Gasteiger partial charge in [0.2, 0.25) is 11.7 Å². The molecule has 0 aliphatic carbocycles. The highest BCUT2D eigenvalue weighted by molar-refractivity contribution is 7.99. The number of aryl methyl sites for hydroxylation is 1. The molecular weight excluding hydrogens is 429 g/mol. The number of fused-ring (bicyclic) bond motifs is 3. The topological polar surface area (TPSA) is 81.3 Å². The van der Waals surface area contributed by atoms with Gasteiger partial charge >= 0.3 is 0 Å². The molecule has 2 aromatic heterocycles. The maximum Gasteiger partial charge on any atom is 0.262 e. The Balaban J connectivity index is 1.65. The zero-order valence-electron chi connectivity index (χ0n) is 15.9. The van der Waals surface area contributed by atoms with E-state index in [-0.39, 0.29) is 22.2 Å². The maximum atomic E-state index is 13.2. The van der Waals surface area contributed by atoms with E-state index in [2.05, 4.69) is 15.5 Å². The summed E-state index contributed by atoms with van der Waals surface area (Å²) in [5, 5.41) is 12.2. The predicted molar refractivity (Wildman–Crippen MR) is 116 cm³/mol. The van der Waals surface area contributed by atoms with Crippen LogP contribution in [0, 0.1) is 5.82 Å². The van der Waals surface area contributed by atoms with Gasteiger partial charge in [-0.3, -0.25) is 18.6 Å². The van der Waals surface area contributed by atoms with Crippen LogP contribution < -0.4 is 10.9 Å². The molecular formula is C20H17ClFN5O2S. The van der Waals surface area contributed by atoms with E-state index in [9.17, 15) is 14.0 Å². The Morgan fingerprint density at radius 1 is 1.23 bits per heavy atom. The lowest BCUT2D eigenvalue weighted by Gasteiger charge is -2.10. The van der Waals surface area contributed by atoms with E-state index in [4.69, 9.17) is 11.6 Å². The number of hydrogen-bond acceptors (Lipinski definition) is 5. The average molecular weight is 446 g/mol. The minimum atomic E-state index is -0.479. The summed E-state index contributed by atoms with van der Waals surface area (Å²) in [6.07, 6.45) is 0.768. The van der Waals surface area contributed by atoms with E-state index >= 15 is 0 Å². The molecule has 10 heteroatoms. The fourth-order valence-corrected chi connectivity index (χ4v) is 4.11. The van der Waals surface area contributed by atoms with Crippen LogP contribution in [0.25, 0.3) is 16.7 Å². The van der Waals surface area contributed by atoms with E-state index in [1.54, 1.807) is 15.0 Å². The Hall–Kier alpha value is -2.91. The molecule has 30 heavy (non-hydrogen) atoms. The Morgan fingerprint density at radius 3 is 2.80 bits per heavy atom. The fourth-order valence-electron chi connectivity index (χ4n) is 3.16. The fraction of sp³-hybridized carbons (Fsp3) is 0.200. The number of aromatic nitrogens is 4. The molecule has 0 saturated heterocycles. The molecule has 0 aliphatic heterocycles. The van der Waals surface area contributed by atoms with Crippen molar-refractivity contribution in [3.8, 4) is 0 Å². The van der Waals surface area contributed by atoms with Crippen molar-refractivity contribution in [2.75, 3.05) is 11.1 Å². The van der Waals surface area contributed by atoms with Gasteiger partial charge < -0.3 is 5.32 Å². The van der Waals surface area contributed by atoms with Gasteiger partial charge in [-0.15, -0.1) is 10.2 Å². The van der Waals surface area contributed by atoms with Crippen LogP contribution >= 0.6 is 23.4 Å². The SMILES string of the molecule is CCCn1c(=O)c2ccccc2n2c(SCC(=O)Nc3ccc(F)cc3Cl)nnc12. The molecule has 0 radical (unpaired) electrons. The summed E-state index contributed by atoms with van der Waals surface area (Å²) >= 11 is 7.14. The lowest BCUT2D eigenvalue weighted by molar-refractivity contribution is -0.113. The molecule has 0 bridgehead atoms. The van der Waals surface area contributed by atoms with Gasteiger partial charge in [0, 0.05) is 6.54 Å². The number of nitrogens with one attached hydrogen (secondary N) is 1. The van der Waals surface area contributed by atoms with Crippen LogP contribution in [0.2, 0.25) is 5.02 Å². The molecule has 1 N–H and O–H groups in total. The first-order valence-corrected chi connectivity index (χ1v) is 10.6. The lowest BCUT2D eigenvalue weighted by Crippen LogP contribution is -2.23. The molecule has 0 saturated carbocycles. The summed E-state index contributed by atoms with van der Waals surface area (Å²) in [6, 6.07) is 11.0. The van der Waals surface area contributed by atoms with Crippen LogP contribution in [0.15, 0.2) is 52.4 Å². The normalized spacial score (nSPS) is 11.3. The summed E-state index contributed by atoms with van der Waals surface area (Å²) in [6.45, 7) is 2.49. The average Bonchev–Trinajstić information content (AvgIpc) is 3.16. The van der Waals surface area contributed by atoms with Crippen molar-refractivity contribution in [1.29, 1.82) is 0 Å². The van der Waals surface area contributed by atoms with Crippen molar-refractivity contribution in [2.24, 2.45) is 0 Å². The van der Waals surface area contributed by atoms with E-state index in [1.165, 1.54) is 23.9 Å². The summed E-state index contributed by atoms with van der Waals surface area (Å²) in [5.41, 5.74) is 0.893. The summed E-state index contributed by atoms with van der Waals surface area (Å²) in [5.74, 6) is -0.329. The second kappa shape index (κ2) is 8.45. The van der Waals surface area contributed by atoms with Crippen LogP contribution in [0.5, 0.6) is 0 Å². The van der Waals surface area contributed by atoms with Crippen molar-refractivity contribution < 1.29 is 9.18 Å². The number of carbonyl (C=O) groups is 1. The Bertz CT molecular complexity index is 1320. The predicted octanol–water partition coefficient (Wildman–Crippen LogP) is 3.98. The first-order chi connectivity index (χ1) is 14.5. The van der Waals surface area contributed by atoms with Gasteiger partial charge in [-0.05, 0) is 36.8 Å². The second-order valence-electron chi connectivity index (χ2n) is 6.55. The molecule has 0 unspecified atom stereocenters. The van der Waals surface area contributed by atoms with Gasteiger partial charge in [0.15, 0.2) is 5.16 Å². The maximum absolute atomic E-state index is 13.2. The molecule has 154 valence electrons. The largest absolute Gasteiger partial charge is 0.324 e. The van der Waals surface area contributed by atoms with Crippen LogP contribution in [0.1, 0.15) is 13.3 Å². The molecule has 0 spiro atoms. The number of nitrogens with zero attached hydrogens (tertiary/aromatic N) is 4. The third-order valence-electron chi connectivity index (χ3n) is 4.46. The smallest absolute Gasteiger partial charge is 0.262 e. The molecule has 4 aromatic rings. The van der Waals surface area contributed by atoms with Gasteiger partial charge in [0.25, 0.3) is 5.56 Å². The first-order valence-electron chi connectivity index (χ1n) is 9.24. The summed E-state index contributed by atoms with van der Waals surface area (Å²) < 4.78 is 16.5. The number of amides is 1. The third-order valence-corrected chi connectivity index (χ3v) is 5.70. The zero-order chi connectivity index (χ0) is 21.3. The van der Waals surface area contributed by atoms with Gasteiger partial charge in [-0.2, -0.15) is 0 Å². The molecule has 2 aromatic carbocycles. The molecule has 0 fully saturated rings. The summed E-state index contributed by atoms with van der Waals surface area (Å²) in [4.78, 5) is 25.2. The second-order valence-corrected chi connectivity index (χ2v) is 7.90. The van der Waals surface area contributed by atoms with Gasteiger partial charge in [-0.1, -0.05) is 42.4 Å². The highest BCUT2D eigenvalue weighted by atomic mass is 35.5. The Kier molecular flexibility index (Phi) is 5.74. The minimum absolute atomic E-state index is 0.0374. The first kappa shape index (κ1) is 20.4. The number of rotatable bonds is 6. The number of benzene rings is 2. The number of thioether (sulfide) groups is 1. The molecule has 0 atom stereocenters. The number of hydrogen-bond donors (Lipinski definition) is 1. The lowest BCUT2D eigenvalue weighted by atomic mass is 10.2. The van der Waals surface area contributed by atoms with Gasteiger partial charge in [-0.25, -0.2) is 4.39 Å². The van der Waals surface area contributed by atoms with Crippen LogP contribution in [-0.4, -0.2) is 30.8 Å².